The molecule has 0 heterocycles. The van der Waals surface area contributed by atoms with Crippen LogP contribution >= 0.6 is 0 Å². The van der Waals surface area contributed by atoms with Gasteiger partial charge in [-0.05, 0) is 77.7 Å². The lowest BCUT2D eigenvalue weighted by Gasteiger charge is -2.42. The number of fused-ring (bicyclic) bond motifs is 1. The van der Waals surface area contributed by atoms with Crippen molar-refractivity contribution < 1.29 is 9.90 Å². The fourth-order valence-corrected chi connectivity index (χ4v) is 4.29. The lowest BCUT2D eigenvalue weighted by Crippen LogP contribution is -2.34. The summed E-state index contributed by atoms with van der Waals surface area (Å²) >= 11 is 0. The number of allylic oxidation sites excluding steroid dienone is 4. The van der Waals surface area contributed by atoms with E-state index < -0.39 is 5.97 Å². The first-order chi connectivity index (χ1) is 12.0. The summed E-state index contributed by atoms with van der Waals surface area (Å²) in [6.45, 7) is 13.8. The first-order valence-corrected chi connectivity index (χ1v) is 9.77. The number of rotatable bonds is 4. The van der Waals surface area contributed by atoms with Crippen molar-refractivity contribution in [1.82, 2.24) is 0 Å². The molecule has 2 aliphatic carbocycles. The number of hydrogen-bond acceptors (Lipinski definition) is 1. The molecule has 2 nitrogen and oxygen atoms in total. The second-order valence-electron chi connectivity index (χ2n) is 9.56. The Balaban J connectivity index is 1.90. The van der Waals surface area contributed by atoms with E-state index >= 15 is 0 Å². The molecule has 3 rings (SSSR count). The highest BCUT2D eigenvalue weighted by molar-refractivity contribution is 5.74. The van der Waals surface area contributed by atoms with Crippen LogP contribution in [0.4, 0.5) is 0 Å². The molecule has 0 aromatic heterocycles. The van der Waals surface area contributed by atoms with Gasteiger partial charge in [-0.15, -0.1) is 0 Å². The summed E-state index contributed by atoms with van der Waals surface area (Å²) < 4.78 is 0. The largest absolute Gasteiger partial charge is 0.481 e. The highest BCUT2D eigenvalue weighted by atomic mass is 16.4. The number of carbonyl (C=O) groups is 1. The third kappa shape index (κ3) is 3.51. The van der Waals surface area contributed by atoms with E-state index in [4.69, 9.17) is 5.11 Å². The minimum absolute atomic E-state index is 0.173. The molecule has 2 unspecified atom stereocenters. The van der Waals surface area contributed by atoms with Gasteiger partial charge in [0.25, 0.3) is 0 Å². The van der Waals surface area contributed by atoms with Crippen molar-refractivity contribution in [3.05, 3.63) is 52.6 Å². The Kier molecular flexibility index (Phi) is 4.67. The predicted octanol–water partition coefficient (Wildman–Crippen LogP) is 6.02. The van der Waals surface area contributed by atoms with E-state index in [-0.39, 0.29) is 22.7 Å². The molecule has 2 aliphatic rings. The summed E-state index contributed by atoms with van der Waals surface area (Å²) in [5.41, 5.74) is 7.32. The molecule has 0 saturated heterocycles. The molecule has 2 heteroatoms. The van der Waals surface area contributed by atoms with Gasteiger partial charge in [-0.3, -0.25) is 4.79 Å². The molecule has 0 radical (unpaired) electrons. The predicted molar refractivity (Wildman–Crippen MR) is 108 cm³/mol. The van der Waals surface area contributed by atoms with Crippen LogP contribution in [0.3, 0.4) is 0 Å². The summed E-state index contributed by atoms with van der Waals surface area (Å²) in [4.78, 5) is 10.9. The molecule has 140 valence electrons. The van der Waals surface area contributed by atoms with Gasteiger partial charge in [0.15, 0.2) is 0 Å². The number of hydrogen-bond donors (Lipinski definition) is 1. The van der Waals surface area contributed by atoms with Crippen LogP contribution in [0.1, 0.15) is 76.1 Å². The summed E-state index contributed by atoms with van der Waals surface area (Å²) in [5.74, 6) is -0.634. The van der Waals surface area contributed by atoms with E-state index in [2.05, 4.69) is 59.8 Å². The Bertz CT molecular complexity index is 793. The van der Waals surface area contributed by atoms with Crippen LogP contribution in [0.2, 0.25) is 0 Å². The normalized spacial score (nSPS) is 26.6. The van der Waals surface area contributed by atoms with Crippen molar-refractivity contribution in [2.45, 2.75) is 71.6 Å². The molecule has 1 fully saturated rings. The molecule has 0 bridgehead atoms. The molecule has 26 heavy (non-hydrogen) atoms. The first-order valence-electron chi connectivity index (χ1n) is 9.77. The van der Waals surface area contributed by atoms with Gasteiger partial charge in [0.1, 0.15) is 0 Å². The smallest absolute Gasteiger partial charge is 0.307 e. The minimum Gasteiger partial charge on any atom is -0.481 e. The third-order valence-corrected chi connectivity index (χ3v) is 6.48. The molecule has 1 aromatic rings. The van der Waals surface area contributed by atoms with Crippen molar-refractivity contribution >= 4 is 11.5 Å². The van der Waals surface area contributed by atoms with E-state index in [1.165, 1.54) is 40.7 Å². The van der Waals surface area contributed by atoms with E-state index in [1.807, 2.05) is 12.2 Å². The number of aryl methyl sites for hydroxylation is 1. The van der Waals surface area contributed by atoms with Gasteiger partial charge in [0.05, 0.1) is 5.92 Å². The molecule has 1 aromatic carbocycles. The van der Waals surface area contributed by atoms with Crippen LogP contribution in [-0.4, -0.2) is 11.1 Å². The lowest BCUT2D eigenvalue weighted by molar-refractivity contribution is -0.138. The van der Waals surface area contributed by atoms with Crippen molar-refractivity contribution in [2.24, 2.45) is 11.8 Å². The molecule has 2 atom stereocenters. The molecule has 0 amide bonds. The van der Waals surface area contributed by atoms with Crippen LogP contribution in [0.25, 0.3) is 5.57 Å². The Morgan fingerprint density at radius 2 is 1.69 bits per heavy atom. The third-order valence-electron chi connectivity index (χ3n) is 6.48. The van der Waals surface area contributed by atoms with Gasteiger partial charge in [-0.2, -0.15) is 0 Å². The number of aliphatic carboxylic acids is 1. The highest BCUT2D eigenvalue weighted by Crippen LogP contribution is 2.47. The van der Waals surface area contributed by atoms with Crippen molar-refractivity contribution in [3.63, 3.8) is 0 Å². The molecule has 0 aliphatic heterocycles. The average Bonchev–Trinajstić information content (AvgIpc) is 3.31. The second-order valence-corrected chi connectivity index (χ2v) is 9.56. The quantitative estimate of drug-likeness (QED) is 0.672. The van der Waals surface area contributed by atoms with E-state index in [0.29, 0.717) is 0 Å². The highest BCUT2D eigenvalue weighted by Gasteiger charge is 2.41. The SMILES string of the molecule is C/C(=C\C=C\C1CC1C(=O)O)c1cc2c(cc1C)C(C)(C)CCC2(C)C. The van der Waals surface area contributed by atoms with Gasteiger partial charge in [-0.1, -0.05) is 58.1 Å². The Morgan fingerprint density at radius 1 is 1.12 bits per heavy atom. The first kappa shape index (κ1) is 18.9. The maximum Gasteiger partial charge on any atom is 0.307 e. The molecule has 0 spiro atoms. The van der Waals surface area contributed by atoms with Crippen LogP contribution in [-0.2, 0) is 15.6 Å². The molecular weight excluding hydrogens is 320 g/mol. The van der Waals surface area contributed by atoms with E-state index in [9.17, 15) is 4.79 Å². The molecular formula is C24H32O2. The lowest BCUT2D eigenvalue weighted by atomic mass is 9.62. The monoisotopic (exact) mass is 352 g/mol. The number of benzene rings is 1. The van der Waals surface area contributed by atoms with Crippen molar-refractivity contribution in [2.75, 3.05) is 0 Å². The maximum atomic E-state index is 10.9. The van der Waals surface area contributed by atoms with Crippen LogP contribution in [0, 0.1) is 18.8 Å². The molecule has 1 N–H and O–H groups in total. The van der Waals surface area contributed by atoms with Crippen LogP contribution < -0.4 is 0 Å². The van der Waals surface area contributed by atoms with Gasteiger partial charge in [0, 0.05) is 0 Å². The van der Waals surface area contributed by atoms with Crippen LogP contribution in [0.15, 0.2) is 30.4 Å². The zero-order valence-electron chi connectivity index (χ0n) is 17.0. The van der Waals surface area contributed by atoms with Gasteiger partial charge < -0.3 is 5.11 Å². The van der Waals surface area contributed by atoms with E-state index in [0.717, 1.165) is 6.42 Å². The zero-order chi connectivity index (χ0) is 19.3. The van der Waals surface area contributed by atoms with Gasteiger partial charge in [-0.25, -0.2) is 0 Å². The van der Waals surface area contributed by atoms with Gasteiger partial charge in [0.2, 0.25) is 0 Å². The fourth-order valence-electron chi connectivity index (χ4n) is 4.29. The Labute approximate surface area is 158 Å². The fraction of sp³-hybridized carbons (Fsp3) is 0.542. The summed E-state index contributed by atoms with van der Waals surface area (Å²) in [5, 5.41) is 9.00. The molecule has 1 saturated carbocycles. The zero-order valence-corrected chi connectivity index (χ0v) is 17.0. The van der Waals surface area contributed by atoms with Gasteiger partial charge >= 0.3 is 5.97 Å². The standard InChI is InChI=1S/C24H32O2/c1-15(8-7-9-17-13-19(17)22(25)26)18-14-21-20(12-16(18)2)23(3,4)10-11-24(21,5)6/h7-9,12,14,17,19H,10-11,13H2,1-6H3,(H,25,26)/b9-7+,15-8+. The topological polar surface area (TPSA) is 37.3 Å². The Hall–Kier alpha value is -1.83. The number of carboxylic acids is 1. The van der Waals surface area contributed by atoms with E-state index in [1.54, 1.807) is 0 Å². The van der Waals surface area contributed by atoms with Crippen molar-refractivity contribution in [3.8, 4) is 0 Å². The summed E-state index contributed by atoms with van der Waals surface area (Å²) in [6, 6.07) is 4.80. The van der Waals surface area contributed by atoms with Crippen molar-refractivity contribution in [1.29, 1.82) is 0 Å². The second kappa shape index (κ2) is 6.40. The summed E-state index contributed by atoms with van der Waals surface area (Å²) in [7, 11) is 0. The average molecular weight is 353 g/mol. The van der Waals surface area contributed by atoms with Crippen LogP contribution in [0.5, 0.6) is 0 Å². The maximum absolute atomic E-state index is 10.9. The summed E-state index contributed by atoms with van der Waals surface area (Å²) in [6.07, 6.45) is 9.44. The number of carboxylic acid groups (broad SMARTS) is 1. The Morgan fingerprint density at radius 3 is 2.23 bits per heavy atom. The minimum atomic E-state index is -0.671.